The maximum atomic E-state index is 11.9. The molecule has 3 aromatic rings. The minimum Gasteiger partial charge on any atom is -0.340 e. The number of rotatable bonds is 4. The van der Waals surface area contributed by atoms with Crippen molar-refractivity contribution in [2.45, 2.75) is 31.8 Å². The van der Waals surface area contributed by atoms with Crippen LogP contribution < -0.4 is 5.32 Å². The fourth-order valence-electron chi connectivity index (χ4n) is 3.31. The van der Waals surface area contributed by atoms with Gasteiger partial charge in [-0.15, -0.1) is 11.3 Å². The zero-order valence-electron chi connectivity index (χ0n) is 14.9. The Morgan fingerprint density at radius 2 is 1.93 bits per heavy atom. The molecule has 27 heavy (non-hydrogen) atoms. The van der Waals surface area contributed by atoms with Gasteiger partial charge in [0.25, 0.3) is 0 Å². The topological polar surface area (TPSA) is 72.0 Å². The van der Waals surface area contributed by atoms with Crippen molar-refractivity contribution < 1.29 is 8.42 Å². The first-order valence-electron chi connectivity index (χ1n) is 8.57. The number of thiophene rings is 1. The monoisotopic (exact) mass is 419 g/mol. The number of benzene rings is 1. The van der Waals surface area contributed by atoms with Gasteiger partial charge in [-0.1, -0.05) is 24.6 Å². The Morgan fingerprint density at radius 3 is 2.63 bits per heavy atom. The van der Waals surface area contributed by atoms with E-state index in [0.717, 1.165) is 45.2 Å². The van der Waals surface area contributed by atoms with Crippen molar-refractivity contribution >= 4 is 44.3 Å². The molecule has 0 atom stereocenters. The molecule has 0 bridgehead atoms. The first-order valence-corrected chi connectivity index (χ1v) is 11.6. The summed E-state index contributed by atoms with van der Waals surface area (Å²) in [4.78, 5) is 10.3. The molecule has 5 nitrogen and oxygen atoms in total. The minimum atomic E-state index is -3.02. The van der Waals surface area contributed by atoms with Crippen molar-refractivity contribution in [2.24, 2.45) is 0 Å². The van der Waals surface area contributed by atoms with Crippen LogP contribution in [0.5, 0.6) is 0 Å². The summed E-state index contributed by atoms with van der Waals surface area (Å²) < 4.78 is 24.4. The highest BCUT2D eigenvalue weighted by molar-refractivity contribution is 7.90. The average molecular weight is 420 g/mol. The Kier molecular flexibility index (Phi) is 4.70. The molecule has 0 saturated carbocycles. The van der Waals surface area contributed by atoms with E-state index in [0.29, 0.717) is 10.2 Å². The van der Waals surface area contributed by atoms with Gasteiger partial charge in [0.15, 0.2) is 15.7 Å². The third-order valence-corrected chi connectivity index (χ3v) is 7.31. The number of nitrogens with one attached hydrogen (secondary N) is 1. The summed E-state index contributed by atoms with van der Waals surface area (Å²) in [5, 5.41) is 3.36. The maximum absolute atomic E-state index is 11.9. The van der Waals surface area contributed by atoms with E-state index in [-0.39, 0.29) is 11.5 Å². The van der Waals surface area contributed by atoms with Crippen LogP contribution in [0.3, 0.4) is 0 Å². The predicted molar refractivity (Wildman–Crippen MR) is 111 cm³/mol. The number of aromatic nitrogens is 2. The van der Waals surface area contributed by atoms with E-state index in [1.54, 1.807) is 0 Å². The molecule has 1 aliphatic rings. The molecule has 0 unspecified atom stereocenters. The van der Waals surface area contributed by atoms with Crippen LogP contribution in [0.1, 0.15) is 29.3 Å². The molecular formula is C19H18ClN3O2S2. The summed E-state index contributed by atoms with van der Waals surface area (Å²) in [6.07, 6.45) is 0.791. The molecule has 0 fully saturated rings. The number of nitrogens with zero attached hydrogens (tertiary/aromatic N) is 2. The molecule has 2 aromatic heterocycles. The van der Waals surface area contributed by atoms with Crippen LogP contribution in [0.4, 0.5) is 11.5 Å². The van der Waals surface area contributed by atoms with Gasteiger partial charge in [-0.05, 0) is 48.7 Å². The van der Waals surface area contributed by atoms with Crippen molar-refractivity contribution in [3.63, 3.8) is 0 Å². The normalized spacial score (nSPS) is 14.9. The van der Waals surface area contributed by atoms with Crippen LogP contribution in [-0.4, -0.2) is 18.4 Å². The lowest BCUT2D eigenvalue weighted by molar-refractivity contribution is 0.598. The molecule has 0 aliphatic carbocycles. The molecule has 0 spiro atoms. The number of anilines is 2. The second-order valence-corrected chi connectivity index (χ2v) is 10.3. The lowest BCUT2D eigenvalue weighted by Gasteiger charge is -2.14. The zero-order valence-corrected chi connectivity index (χ0v) is 17.3. The van der Waals surface area contributed by atoms with Gasteiger partial charge in [0, 0.05) is 16.9 Å². The molecule has 1 aromatic carbocycles. The smallest absolute Gasteiger partial charge is 0.171 e. The van der Waals surface area contributed by atoms with Crippen molar-refractivity contribution in [1.82, 2.24) is 9.97 Å². The van der Waals surface area contributed by atoms with Crippen LogP contribution in [0.2, 0.25) is 4.34 Å². The van der Waals surface area contributed by atoms with Crippen molar-refractivity contribution in [1.29, 1.82) is 0 Å². The third kappa shape index (κ3) is 3.72. The Labute approximate surface area is 167 Å². The second kappa shape index (κ2) is 6.89. The summed E-state index contributed by atoms with van der Waals surface area (Å²) >= 11 is 7.49. The second-order valence-electron chi connectivity index (χ2n) is 6.56. The minimum absolute atomic E-state index is 0.0975. The summed E-state index contributed by atoms with van der Waals surface area (Å²) in [5.41, 5.74) is 4.51. The number of fused-ring (bicyclic) bond motifs is 1. The molecule has 0 amide bonds. The highest BCUT2D eigenvalue weighted by atomic mass is 35.5. The van der Waals surface area contributed by atoms with E-state index in [2.05, 4.69) is 17.2 Å². The number of aryl methyl sites for hydroxylation is 1. The molecule has 0 radical (unpaired) electrons. The van der Waals surface area contributed by atoms with Gasteiger partial charge in [0.05, 0.1) is 20.7 Å². The summed E-state index contributed by atoms with van der Waals surface area (Å²) in [7, 11) is -3.02. The fourth-order valence-corrected chi connectivity index (χ4v) is 5.89. The quantitative estimate of drug-likeness (QED) is 0.651. The van der Waals surface area contributed by atoms with Crippen LogP contribution in [-0.2, 0) is 27.8 Å². The molecule has 140 valence electrons. The molecule has 1 aliphatic heterocycles. The fraction of sp³-hybridized carbons (Fsp3) is 0.263. The maximum Gasteiger partial charge on any atom is 0.171 e. The van der Waals surface area contributed by atoms with E-state index in [4.69, 9.17) is 16.6 Å². The van der Waals surface area contributed by atoms with Crippen molar-refractivity contribution in [2.75, 3.05) is 5.32 Å². The molecule has 0 saturated heterocycles. The Morgan fingerprint density at radius 1 is 1.15 bits per heavy atom. The summed E-state index contributed by atoms with van der Waals surface area (Å²) in [6, 6.07) is 9.43. The van der Waals surface area contributed by atoms with E-state index in [1.807, 2.05) is 37.3 Å². The Hall–Kier alpha value is -1.96. The summed E-state index contributed by atoms with van der Waals surface area (Å²) in [6.45, 7) is 4.04. The number of halogens is 1. The van der Waals surface area contributed by atoms with Gasteiger partial charge < -0.3 is 5.32 Å². The highest BCUT2D eigenvalue weighted by Gasteiger charge is 2.24. The van der Waals surface area contributed by atoms with Crippen LogP contribution in [0.25, 0.3) is 10.7 Å². The van der Waals surface area contributed by atoms with Gasteiger partial charge in [0.1, 0.15) is 5.82 Å². The van der Waals surface area contributed by atoms with E-state index < -0.39 is 9.84 Å². The van der Waals surface area contributed by atoms with Gasteiger partial charge >= 0.3 is 0 Å². The first-order chi connectivity index (χ1) is 12.8. The molecule has 4 rings (SSSR count). The highest BCUT2D eigenvalue weighted by Crippen LogP contribution is 2.33. The van der Waals surface area contributed by atoms with Crippen LogP contribution in [0, 0.1) is 6.92 Å². The lowest BCUT2D eigenvalue weighted by Crippen LogP contribution is -2.05. The first kappa shape index (κ1) is 18.4. The SMILES string of the molecule is CCc1c(C)nc(-c2ccc(Cl)s2)nc1Nc1ccc2c(c1)CS(=O)(=O)C2. The predicted octanol–water partition coefficient (Wildman–Crippen LogP) is 4.90. The standard InChI is InChI=1S/C19H18ClN3O2S2/c1-3-15-11(2)21-19(16-6-7-17(20)26-16)23-18(15)22-14-5-4-12-9-27(24,25)10-13(12)8-14/h4-8H,3,9-10H2,1-2H3,(H,21,22,23). The molecule has 8 heteroatoms. The third-order valence-electron chi connectivity index (χ3n) is 4.58. The zero-order chi connectivity index (χ0) is 19.2. The Bertz CT molecular complexity index is 1140. The largest absolute Gasteiger partial charge is 0.340 e. The van der Waals surface area contributed by atoms with Gasteiger partial charge in [0.2, 0.25) is 0 Å². The number of hydrogen-bond acceptors (Lipinski definition) is 6. The molecular weight excluding hydrogens is 402 g/mol. The van der Waals surface area contributed by atoms with E-state index >= 15 is 0 Å². The summed E-state index contributed by atoms with van der Waals surface area (Å²) in [5.74, 6) is 1.59. The van der Waals surface area contributed by atoms with Crippen LogP contribution >= 0.6 is 22.9 Å². The van der Waals surface area contributed by atoms with Crippen LogP contribution in [0.15, 0.2) is 30.3 Å². The van der Waals surface area contributed by atoms with E-state index in [9.17, 15) is 8.42 Å². The van der Waals surface area contributed by atoms with Gasteiger partial charge in [-0.25, -0.2) is 18.4 Å². The van der Waals surface area contributed by atoms with Gasteiger partial charge in [-0.2, -0.15) is 0 Å². The number of hydrogen-bond donors (Lipinski definition) is 1. The lowest BCUT2D eigenvalue weighted by atomic mass is 10.1. The molecule has 3 heterocycles. The van der Waals surface area contributed by atoms with Crippen molar-refractivity contribution in [3.8, 4) is 10.7 Å². The van der Waals surface area contributed by atoms with E-state index in [1.165, 1.54) is 11.3 Å². The molecule has 1 N–H and O–H groups in total. The van der Waals surface area contributed by atoms with Crippen molar-refractivity contribution in [3.05, 3.63) is 57.1 Å². The Balaban J connectivity index is 1.72. The van der Waals surface area contributed by atoms with Gasteiger partial charge in [-0.3, -0.25) is 0 Å². The number of sulfone groups is 1. The average Bonchev–Trinajstić information content (AvgIpc) is 3.15.